The van der Waals surface area contributed by atoms with Crippen LogP contribution in [0.25, 0.3) is 0 Å². The molecule has 21 heavy (non-hydrogen) atoms. The average Bonchev–Trinajstić information content (AvgIpc) is 2.81. The van der Waals surface area contributed by atoms with Crippen LogP contribution in [0.1, 0.15) is 15.2 Å². The second kappa shape index (κ2) is 7.59. The number of benzene rings is 1. The predicted molar refractivity (Wildman–Crippen MR) is 88.5 cm³/mol. The maximum atomic E-state index is 12.1. The number of amides is 1. The third kappa shape index (κ3) is 4.56. The van der Waals surface area contributed by atoms with E-state index >= 15 is 0 Å². The number of hydrogen-bond acceptors (Lipinski definition) is 4. The maximum Gasteiger partial charge on any atom is 0.265 e. The number of rotatable bonds is 6. The Morgan fingerprint density at radius 1 is 1.29 bits per heavy atom. The Hall–Kier alpha value is -1.37. The topological polar surface area (TPSA) is 47.6 Å². The molecule has 1 aromatic heterocycles. The molecule has 1 aromatic carbocycles. The second-order valence-electron chi connectivity index (χ2n) is 4.39. The molecule has 0 aliphatic rings. The fourth-order valence-electron chi connectivity index (χ4n) is 1.64. The average molecular weight is 370 g/mol. The van der Waals surface area contributed by atoms with E-state index in [0.717, 1.165) is 20.8 Å². The number of nitrogens with one attached hydrogen (secondary N) is 1. The number of carbonyl (C=O) groups excluding carboxylic acids is 1. The number of methoxy groups -OCH3 is 1. The summed E-state index contributed by atoms with van der Waals surface area (Å²) in [6.45, 7) is 3.01. The Morgan fingerprint density at radius 2 is 2.00 bits per heavy atom. The smallest absolute Gasteiger partial charge is 0.265 e. The van der Waals surface area contributed by atoms with Crippen molar-refractivity contribution in [2.45, 2.75) is 6.92 Å². The molecule has 0 unspecified atom stereocenters. The molecule has 2 aromatic rings. The van der Waals surface area contributed by atoms with Crippen molar-refractivity contribution in [3.63, 3.8) is 0 Å². The summed E-state index contributed by atoms with van der Waals surface area (Å²) in [5, 5.41) is 2.86. The second-order valence-corrected chi connectivity index (χ2v) is 6.76. The number of halogens is 1. The number of hydrogen-bond donors (Lipinski definition) is 1. The lowest BCUT2D eigenvalue weighted by Gasteiger charge is -2.07. The quantitative estimate of drug-likeness (QED) is 0.779. The summed E-state index contributed by atoms with van der Waals surface area (Å²) in [6, 6.07) is 9.14. The minimum absolute atomic E-state index is 0.109. The van der Waals surface area contributed by atoms with Crippen LogP contribution in [0.2, 0.25) is 0 Å². The summed E-state index contributed by atoms with van der Waals surface area (Å²) in [5.41, 5.74) is 1.80. The molecule has 0 saturated heterocycles. The summed E-state index contributed by atoms with van der Waals surface area (Å²) in [7, 11) is 1.63. The van der Waals surface area contributed by atoms with Crippen LogP contribution in [-0.4, -0.2) is 26.2 Å². The van der Waals surface area contributed by atoms with Gasteiger partial charge in [-0.1, -0.05) is 0 Å². The molecule has 0 atom stereocenters. The van der Waals surface area contributed by atoms with Gasteiger partial charge < -0.3 is 14.8 Å². The number of carbonyl (C=O) groups is 1. The molecular weight excluding hydrogens is 354 g/mol. The van der Waals surface area contributed by atoms with Crippen LogP contribution in [0.4, 0.5) is 5.69 Å². The first-order chi connectivity index (χ1) is 10.1. The van der Waals surface area contributed by atoms with Gasteiger partial charge in [0.05, 0.1) is 15.3 Å². The summed E-state index contributed by atoms with van der Waals surface area (Å²) in [5.74, 6) is 0.640. The molecule has 112 valence electrons. The van der Waals surface area contributed by atoms with Gasteiger partial charge in [-0.25, -0.2) is 0 Å². The Kier molecular flexibility index (Phi) is 5.78. The first-order valence-corrected chi connectivity index (χ1v) is 8.00. The molecule has 4 nitrogen and oxygen atoms in total. The molecule has 1 amide bonds. The van der Waals surface area contributed by atoms with Crippen molar-refractivity contribution in [2.24, 2.45) is 0 Å². The van der Waals surface area contributed by atoms with Crippen LogP contribution in [0.15, 0.2) is 34.1 Å². The molecule has 0 aliphatic carbocycles. The van der Waals surface area contributed by atoms with Crippen molar-refractivity contribution in [1.82, 2.24) is 0 Å². The number of aryl methyl sites for hydroxylation is 1. The molecule has 0 spiro atoms. The molecule has 0 aliphatic heterocycles. The van der Waals surface area contributed by atoms with E-state index in [4.69, 9.17) is 9.47 Å². The third-order valence-electron chi connectivity index (χ3n) is 2.75. The largest absolute Gasteiger partial charge is 0.491 e. The maximum absolute atomic E-state index is 12.1. The van der Waals surface area contributed by atoms with Crippen molar-refractivity contribution < 1.29 is 14.3 Å². The zero-order valence-electron chi connectivity index (χ0n) is 11.8. The summed E-state index contributed by atoms with van der Waals surface area (Å²) >= 11 is 4.85. The molecule has 0 radical (unpaired) electrons. The minimum Gasteiger partial charge on any atom is -0.491 e. The number of anilines is 1. The van der Waals surface area contributed by atoms with Crippen LogP contribution < -0.4 is 10.1 Å². The van der Waals surface area contributed by atoms with Crippen molar-refractivity contribution in [1.29, 1.82) is 0 Å². The van der Waals surface area contributed by atoms with Crippen molar-refractivity contribution in [2.75, 3.05) is 25.6 Å². The van der Waals surface area contributed by atoms with E-state index < -0.39 is 0 Å². The van der Waals surface area contributed by atoms with Crippen LogP contribution >= 0.6 is 27.3 Å². The van der Waals surface area contributed by atoms with Gasteiger partial charge in [0, 0.05) is 12.8 Å². The first kappa shape index (κ1) is 16.0. The first-order valence-electron chi connectivity index (χ1n) is 6.39. The highest BCUT2D eigenvalue weighted by Crippen LogP contribution is 2.28. The fourth-order valence-corrected chi connectivity index (χ4v) is 3.07. The molecule has 6 heteroatoms. The lowest BCUT2D eigenvalue weighted by atomic mass is 10.3. The molecular formula is C15H16BrNO3S. The van der Waals surface area contributed by atoms with E-state index in [2.05, 4.69) is 21.2 Å². The minimum atomic E-state index is -0.109. The van der Waals surface area contributed by atoms with Gasteiger partial charge in [0.1, 0.15) is 12.4 Å². The zero-order valence-corrected chi connectivity index (χ0v) is 14.2. The molecule has 1 N–H and O–H groups in total. The highest BCUT2D eigenvalue weighted by molar-refractivity contribution is 9.11. The molecule has 0 bridgehead atoms. The SMILES string of the molecule is COCCOc1ccc(NC(=O)c2cc(C)c(Br)s2)cc1. The van der Waals surface area contributed by atoms with E-state index in [9.17, 15) is 4.79 Å². The van der Waals surface area contributed by atoms with Crippen LogP contribution in [0.3, 0.4) is 0 Å². The highest BCUT2D eigenvalue weighted by Gasteiger charge is 2.11. The lowest BCUT2D eigenvalue weighted by Crippen LogP contribution is -2.10. The van der Waals surface area contributed by atoms with E-state index in [1.807, 2.05) is 37.3 Å². The standard InChI is InChI=1S/C15H16BrNO3S/c1-10-9-13(21-14(10)16)15(18)17-11-3-5-12(6-4-11)20-8-7-19-2/h3-6,9H,7-8H2,1-2H3,(H,17,18). The van der Waals surface area contributed by atoms with E-state index in [1.54, 1.807) is 7.11 Å². The molecule has 2 rings (SSSR count). The van der Waals surface area contributed by atoms with E-state index in [1.165, 1.54) is 11.3 Å². The normalized spacial score (nSPS) is 10.4. The Morgan fingerprint density at radius 3 is 2.57 bits per heavy atom. The van der Waals surface area contributed by atoms with Crippen LogP contribution in [-0.2, 0) is 4.74 Å². The van der Waals surface area contributed by atoms with Gasteiger partial charge >= 0.3 is 0 Å². The van der Waals surface area contributed by atoms with Crippen molar-refractivity contribution in [3.05, 3.63) is 44.6 Å². The van der Waals surface area contributed by atoms with Crippen molar-refractivity contribution in [3.8, 4) is 5.75 Å². The molecule has 0 saturated carbocycles. The fraction of sp³-hybridized carbons (Fsp3) is 0.267. The zero-order chi connectivity index (χ0) is 15.2. The Bertz CT molecular complexity index is 590. The number of thiophene rings is 1. The van der Waals surface area contributed by atoms with Crippen LogP contribution in [0, 0.1) is 6.92 Å². The summed E-state index contributed by atoms with van der Waals surface area (Å²) < 4.78 is 11.4. The summed E-state index contributed by atoms with van der Waals surface area (Å²) in [6.07, 6.45) is 0. The highest BCUT2D eigenvalue weighted by atomic mass is 79.9. The number of ether oxygens (including phenoxy) is 2. The van der Waals surface area contributed by atoms with Gasteiger partial charge in [0.15, 0.2) is 0 Å². The van der Waals surface area contributed by atoms with Gasteiger partial charge in [-0.05, 0) is 58.7 Å². The van der Waals surface area contributed by atoms with Crippen LogP contribution in [0.5, 0.6) is 5.75 Å². The lowest BCUT2D eigenvalue weighted by molar-refractivity contribution is 0.103. The van der Waals surface area contributed by atoms with E-state index in [-0.39, 0.29) is 5.91 Å². The van der Waals surface area contributed by atoms with Gasteiger partial charge in [-0.15, -0.1) is 11.3 Å². The van der Waals surface area contributed by atoms with Gasteiger partial charge in [-0.2, -0.15) is 0 Å². The predicted octanol–water partition coefficient (Wildman–Crippen LogP) is 4.10. The summed E-state index contributed by atoms with van der Waals surface area (Å²) in [4.78, 5) is 12.8. The van der Waals surface area contributed by atoms with Gasteiger partial charge in [0.2, 0.25) is 0 Å². The van der Waals surface area contributed by atoms with Crippen molar-refractivity contribution >= 4 is 38.9 Å². The Labute approximate surface area is 136 Å². The Balaban J connectivity index is 1.95. The molecule has 0 fully saturated rings. The van der Waals surface area contributed by atoms with E-state index in [0.29, 0.717) is 18.1 Å². The molecule has 1 heterocycles. The van der Waals surface area contributed by atoms with Gasteiger partial charge in [0.25, 0.3) is 5.91 Å². The monoisotopic (exact) mass is 369 g/mol. The van der Waals surface area contributed by atoms with Gasteiger partial charge in [-0.3, -0.25) is 4.79 Å². The third-order valence-corrected chi connectivity index (χ3v) is 4.88.